The van der Waals surface area contributed by atoms with Gasteiger partial charge in [-0.2, -0.15) is 0 Å². The molecule has 1 aromatic carbocycles. The van der Waals surface area contributed by atoms with Crippen LogP contribution in [0.2, 0.25) is 0 Å². The summed E-state index contributed by atoms with van der Waals surface area (Å²) in [7, 11) is -0.315. The predicted molar refractivity (Wildman–Crippen MR) is 84.0 cm³/mol. The monoisotopic (exact) mass is 312 g/mol. The fourth-order valence-corrected chi connectivity index (χ4v) is 3.66. The molecule has 1 aliphatic rings. The van der Waals surface area contributed by atoms with Gasteiger partial charge < -0.3 is 10.1 Å². The molecule has 0 radical (unpaired) electrons. The molecular formula is C15H24N2O3S. The Hall–Kier alpha value is -1.11. The second-order valence-electron chi connectivity index (χ2n) is 5.89. The lowest BCUT2D eigenvalue weighted by Gasteiger charge is -2.33. The molecule has 6 heteroatoms. The summed E-state index contributed by atoms with van der Waals surface area (Å²) in [5, 5.41) is 3.43. The highest BCUT2D eigenvalue weighted by atomic mass is 32.2. The maximum absolute atomic E-state index is 12.2. The highest BCUT2D eigenvalue weighted by molar-refractivity contribution is 7.89. The first kappa shape index (κ1) is 16.3. The fourth-order valence-electron chi connectivity index (χ4n) is 2.72. The lowest BCUT2D eigenvalue weighted by atomic mass is 9.99. The van der Waals surface area contributed by atoms with Crippen molar-refractivity contribution in [3.05, 3.63) is 24.3 Å². The number of hydrogen-bond acceptors (Lipinski definition) is 4. The van der Waals surface area contributed by atoms with Crippen LogP contribution in [-0.4, -0.2) is 45.1 Å². The molecule has 2 atom stereocenters. The van der Waals surface area contributed by atoms with Crippen molar-refractivity contribution < 1.29 is 13.2 Å². The average Bonchev–Trinajstić information content (AvgIpc) is 2.37. The first-order valence-corrected chi connectivity index (χ1v) is 8.67. The van der Waals surface area contributed by atoms with Crippen LogP contribution in [0.3, 0.4) is 0 Å². The minimum absolute atomic E-state index is 0.222. The third-order valence-electron chi connectivity index (χ3n) is 3.68. The molecule has 1 aromatic rings. The van der Waals surface area contributed by atoms with Crippen LogP contribution in [-0.2, 0) is 14.8 Å². The summed E-state index contributed by atoms with van der Waals surface area (Å²) < 4.78 is 31.3. The van der Waals surface area contributed by atoms with Gasteiger partial charge in [-0.05, 0) is 44.9 Å². The summed E-state index contributed by atoms with van der Waals surface area (Å²) in [4.78, 5) is 0.311. The van der Waals surface area contributed by atoms with Gasteiger partial charge in [0.05, 0.1) is 17.1 Å². The highest BCUT2D eigenvalue weighted by Gasteiger charge is 2.24. The maximum atomic E-state index is 12.2. The first-order valence-electron chi connectivity index (χ1n) is 7.23. The average molecular weight is 312 g/mol. The van der Waals surface area contributed by atoms with E-state index in [0.717, 1.165) is 18.5 Å². The largest absolute Gasteiger partial charge is 0.382 e. The molecule has 2 rings (SSSR count). The normalized spacial score (nSPS) is 26.8. The van der Waals surface area contributed by atoms with Crippen molar-refractivity contribution in [3.63, 3.8) is 0 Å². The van der Waals surface area contributed by atoms with Crippen LogP contribution in [0.1, 0.15) is 26.7 Å². The van der Waals surface area contributed by atoms with Crippen molar-refractivity contribution in [1.82, 2.24) is 4.31 Å². The van der Waals surface area contributed by atoms with Crippen molar-refractivity contribution in [3.8, 4) is 0 Å². The van der Waals surface area contributed by atoms with Gasteiger partial charge in [-0.3, -0.25) is 0 Å². The molecule has 0 saturated carbocycles. The van der Waals surface area contributed by atoms with E-state index in [2.05, 4.69) is 19.2 Å². The van der Waals surface area contributed by atoms with Crippen LogP contribution in [0.4, 0.5) is 5.69 Å². The molecule has 1 heterocycles. The minimum Gasteiger partial charge on any atom is -0.382 e. The van der Waals surface area contributed by atoms with E-state index in [1.54, 1.807) is 18.2 Å². The van der Waals surface area contributed by atoms with Gasteiger partial charge in [0.15, 0.2) is 0 Å². The Balaban J connectivity index is 2.15. The van der Waals surface area contributed by atoms with E-state index in [1.165, 1.54) is 18.4 Å². The van der Waals surface area contributed by atoms with Gasteiger partial charge in [0, 0.05) is 25.8 Å². The molecule has 0 spiro atoms. The second kappa shape index (κ2) is 6.34. The summed E-state index contributed by atoms with van der Waals surface area (Å²) in [5.74, 6) is 0. The Bertz CT molecular complexity index is 576. The van der Waals surface area contributed by atoms with E-state index >= 15 is 0 Å². The summed E-state index contributed by atoms with van der Waals surface area (Å²) in [5.41, 5.74) is 0.837. The number of benzene rings is 1. The number of nitrogens with zero attached hydrogens (tertiary/aromatic N) is 1. The number of nitrogens with one attached hydrogen (secondary N) is 1. The molecular weight excluding hydrogens is 288 g/mol. The van der Waals surface area contributed by atoms with Crippen LogP contribution < -0.4 is 5.32 Å². The molecule has 21 heavy (non-hydrogen) atoms. The molecule has 0 aromatic heterocycles. The number of sulfonamides is 1. The fraction of sp³-hybridized carbons (Fsp3) is 0.600. The highest BCUT2D eigenvalue weighted by Crippen LogP contribution is 2.24. The molecule has 1 aliphatic heterocycles. The molecule has 0 bridgehead atoms. The van der Waals surface area contributed by atoms with Gasteiger partial charge in [-0.1, -0.05) is 6.07 Å². The molecule has 1 saturated heterocycles. The maximum Gasteiger partial charge on any atom is 0.242 e. The standard InChI is InChI=1S/C15H24N2O3S/c1-11-8-14(9-12(2)20-11)16-13-6-5-7-15(10-13)21(18,19)17(3)4/h5-7,10-12,14,16H,8-9H2,1-4H3. The summed E-state index contributed by atoms with van der Waals surface area (Å²) in [6, 6.07) is 7.29. The van der Waals surface area contributed by atoms with Crippen LogP contribution in [0.15, 0.2) is 29.2 Å². The smallest absolute Gasteiger partial charge is 0.242 e. The van der Waals surface area contributed by atoms with E-state index in [0.29, 0.717) is 10.9 Å². The van der Waals surface area contributed by atoms with E-state index in [9.17, 15) is 8.42 Å². The molecule has 0 aliphatic carbocycles. The summed E-state index contributed by atoms with van der Waals surface area (Å²) in [6.45, 7) is 4.13. The van der Waals surface area contributed by atoms with E-state index in [1.807, 2.05) is 6.07 Å². The van der Waals surface area contributed by atoms with Crippen molar-refractivity contribution in [2.75, 3.05) is 19.4 Å². The topological polar surface area (TPSA) is 58.6 Å². The summed E-state index contributed by atoms with van der Waals surface area (Å²) in [6.07, 6.45) is 2.30. The van der Waals surface area contributed by atoms with Gasteiger partial charge in [0.1, 0.15) is 0 Å². The zero-order chi connectivity index (χ0) is 15.6. The SMILES string of the molecule is CC1CC(Nc2cccc(S(=O)(=O)N(C)C)c2)CC(C)O1. The van der Waals surface area contributed by atoms with Crippen molar-refractivity contribution in [2.45, 2.75) is 49.8 Å². The third kappa shape index (κ3) is 3.96. The molecule has 118 valence electrons. The molecule has 0 amide bonds. The van der Waals surface area contributed by atoms with Crippen molar-refractivity contribution in [2.24, 2.45) is 0 Å². The molecule has 5 nitrogen and oxygen atoms in total. The number of ether oxygens (including phenoxy) is 1. The van der Waals surface area contributed by atoms with Crippen LogP contribution in [0.25, 0.3) is 0 Å². The van der Waals surface area contributed by atoms with Gasteiger partial charge >= 0.3 is 0 Å². The molecule has 2 unspecified atom stereocenters. The number of hydrogen-bond donors (Lipinski definition) is 1. The van der Waals surface area contributed by atoms with Crippen LogP contribution >= 0.6 is 0 Å². The summed E-state index contributed by atoms with van der Waals surface area (Å²) >= 11 is 0. The molecule has 1 fully saturated rings. The third-order valence-corrected chi connectivity index (χ3v) is 5.49. The van der Waals surface area contributed by atoms with E-state index in [4.69, 9.17) is 4.74 Å². The Morgan fingerprint density at radius 1 is 1.19 bits per heavy atom. The molecule has 1 N–H and O–H groups in total. The minimum atomic E-state index is -3.39. The van der Waals surface area contributed by atoms with Gasteiger partial charge in [0.25, 0.3) is 0 Å². The Labute approximate surface area is 127 Å². The first-order chi connectivity index (χ1) is 9.79. The lowest BCUT2D eigenvalue weighted by Crippen LogP contribution is -2.36. The van der Waals surface area contributed by atoms with E-state index < -0.39 is 10.0 Å². The van der Waals surface area contributed by atoms with Gasteiger partial charge in [0.2, 0.25) is 10.0 Å². The Morgan fingerprint density at radius 2 is 1.81 bits per heavy atom. The van der Waals surface area contributed by atoms with Crippen LogP contribution in [0.5, 0.6) is 0 Å². The van der Waals surface area contributed by atoms with Gasteiger partial charge in [-0.15, -0.1) is 0 Å². The Morgan fingerprint density at radius 3 is 2.38 bits per heavy atom. The van der Waals surface area contributed by atoms with Gasteiger partial charge in [-0.25, -0.2) is 12.7 Å². The lowest BCUT2D eigenvalue weighted by molar-refractivity contribution is -0.0337. The van der Waals surface area contributed by atoms with Crippen molar-refractivity contribution >= 4 is 15.7 Å². The zero-order valence-corrected chi connectivity index (χ0v) is 13.9. The number of anilines is 1. The quantitative estimate of drug-likeness (QED) is 0.927. The Kier molecular flexibility index (Phi) is 4.91. The van der Waals surface area contributed by atoms with Crippen molar-refractivity contribution in [1.29, 1.82) is 0 Å². The van der Waals surface area contributed by atoms with Crippen LogP contribution in [0, 0.1) is 0 Å². The number of rotatable bonds is 4. The zero-order valence-electron chi connectivity index (χ0n) is 13.0. The second-order valence-corrected chi connectivity index (χ2v) is 8.04. The van der Waals surface area contributed by atoms with E-state index in [-0.39, 0.29) is 12.2 Å². The predicted octanol–water partition coefficient (Wildman–Crippen LogP) is 2.30.